The Morgan fingerprint density at radius 2 is 2.50 bits per heavy atom. The van der Waals surface area contributed by atoms with Gasteiger partial charge in [0.2, 0.25) is 0 Å². The predicted octanol–water partition coefficient (Wildman–Crippen LogP) is 1.37. The van der Waals surface area contributed by atoms with Crippen molar-refractivity contribution in [2.75, 3.05) is 13.7 Å². The van der Waals surface area contributed by atoms with Crippen LogP contribution in [0.3, 0.4) is 0 Å². The van der Waals surface area contributed by atoms with E-state index in [4.69, 9.17) is 9.47 Å². The molecular weight excluding hydrogens is 323 g/mol. The molecule has 1 saturated heterocycles. The van der Waals surface area contributed by atoms with Crippen molar-refractivity contribution in [2.45, 2.75) is 25.6 Å². The van der Waals surface area contributed by atoms with Crippen LogP contribution in [-0.4, -0.2) is 23.7 Å². The van der Waals surface area contributed by atoms with Crippen LogP contribution in [-0.2, 0) is 16.1 Å². The summed E-state index contributed by atoms with van der Waals surface area (Å²) >= 11 is 1.98. The maximum Gasteiger partial charge on any atom is 0.264 e. The van der Waals surface area contributed by atoms with Gasteiger partial charge in [-0.1, -0.05) is 0 Å². The monoisotopic (exact) mass is 336 g/mol. The summed E-state index contributed by atoms with van der Waals surface area (Å²) in [6, 6.07) is 0. The Balaban J connectivity index is 2.35. The van der Waals surface area contributed by atoms with Gasteiger partial charge in [0.1, 0.15) is 15.5 Å². The summed E-state index contributed by atoms with van der Waals surface area (Å²) in [5.74, 6) is 0.620. The smallest absolute Gasteiger partial charge is 0.264 e. The van der Waals surface area contributed by atoms with Crippen molar-refractivity contribution in [2.24, 2.45) is 0 Å². The zero-order valence-electron chi connectivity index (χ0n) is 8.96. The van der Waals surface area contributed by atoms with E-state index in [9.17, 15) is 4.79 Å². The molecule has 1 aliphatic heterocycles. The van der Waals surface area contributed by atoms with E-state index < -0.39 is 0 Å². The van der Waals surface area contributed by atoms with Crippen LogP contribution in [0.4, 0.5) is 0 Å². The number of H-pyrrole nitrogens is 1. The molecule has 0 amide bonds. The largest absolute Gasteiger partial charge is 0.378 e. The fourth-order valence-electron chi connectivity index (χ4n) is 1.70. The molecule has 1 aromatic rings. The first kappa shape index (κ1) is 12.0. The maximum atomic E-state index is 11.7. The minimum Gasteiger partial charge on any atom is -0.378 e. The third-order valence-electron chi connectivity index (χ3n) is 2.47. The van der Waals surface area contributed by atoms with E-state index in [1.807, 2.05) is 22.6 Å². The average Bonchev–Trinajstić information content (AvgIpc) is 2.78. The molecule has 2 heterocycles. The molecule has 1 aliphatic rings. The number of methoxy groups -OCH3 is 1. The van der Waals surface area contributed by atoms with Gasteiger partial charge in [0.05, 0.1) is 12.3 Å². The quantitative estimate of drug-likeness (QED) is 0.847. The highest BCUT2D eigenvalue weighted by Crippen LogP contribution is 2.25. The molecule has 0 aliphatic carbocycles. The summed E-state index contributed by atoms with van der Waals surface area (Å²) in [5.41, 5.74) is 0.561. The predicted molar refractivity (Wildman–Crippen MR) is 66.2 cm³/mol. The standard InChI is InChI=1S/C10H13IN2O3/c1-15-5-6-8(11)10(14)13-9(12-6)7-3-2-4-16-7/h7H,2-5H2,1H3,(H,12,13,14). The van der Waals surface area contributed by atoms with Gasteiger partial charge in [-0.25, -0.2) is 4.98 Å². The lowest BCUT2D eigenvalue weighted by Crippen LogP contribution is -2.20. The molecule has 0 radical (unpaired) electrons. The van der Waals surface area contributed by atoms with Crippen LogP contribution < -0.4 is 5.56 Å². The van der Waals surface area contributed by atoms with Crippen molar-refractivity contribution < 1.29 is 9.47 Å². The Hall–Kier alpha value is -0.470. The van der Waals surface area contributed by atoms with Gasteiger partial charge < -0.3 is 14.5 Å². The zero-order chi connectivity index (χ0) is 11.5. The molecule has 0 saturated carbocycles. The first-order valence-electron chi connectivity index (χ1n) is 5.11. The number of aromatic amines is 1. The number of aromatic nitrogens is 2. The van der Waals surface area contributed by atoms with E-state index in [2.05, 4.69) is 9.97 Å². The molecule has 6 heteroatoms. The van der Waals surface area contributed by atoms with Crippen molar-refractivity contribution >= 4 is 22.6 Å². The van der Waals surface area contributed by atoms with Gasteiger partial charge in [-0.3, -0.25) is 4.79 Å². The first-order chi connectivity index (χ1) is 7.72. The van der Waals surface area contributed by atoms with Crippen LogP contribution in [0.25, 0.3) is 0 Å². The van der Waals surface area contributed by atoms with Crippen LogP contribution in [0.2, 0.25) is 0 Å². The average molecular weight is 336 g/mol. The molecule has 0 bridgehead atoms. The van der Waals surface area contributed by atoms with Crippen LogP contribution in [0, 0.1) is 3.57 Å². The van der Waals surface area contributed by atoms with Gasteiger partial charge in [0.25, 0.3) is 5.56 Å². The van der Waals surface area contributed by atoms with Crippen molar-refractivity contribution in [1.29, 1.82) is 0 Å². The molecular formula is C10H13IN2O3. The SMILES string of the molecule is COCc1nc(C2CCCO2)[nH]c(=O)c1I. The summed E-state index contributed by atoms with van der Waals surface area (Å²) in [4.78, 5) is 18.8. The van der Waals surface area contributed by atoms with Gasteiger partial charge in [0.15, 0.2) is 0 Å². The molecule has 16 heavy (non-hydrogen) atoms. The Kier molecular flexibility index (Phi) is 3.93. The Morgan fingerprint density at radius 1 is 1.69 bits per heavy atom. The lowest BCUT2D eigenvalue weighted by Gasteiger charge is -2.10. The second-order valence-electron chi connectivity index (χ2n) is 3.65. The number of rotatable bonds is 3. The molecule has 1 atom stereocenters. The van der Waals surface area contributed by atoms with Crippen LogP contribution in [0.5, 0.6) is 0 Å². The molecule has 1 unspecified atom stereocenters. The highest BCUT2D eigenvalue weighted by molar-refractivity contribution is 14.1. The molecule has 2 rings (SSSR count). The minimum absolute atomic E-state index is 0.0692. The maximum absolute atomic E-state index is 11.7. The third kappa shape index (κ3) is 2.44. The van der Waals surface area contributed by atoms with Crippen molar-refractivity contribution in [3.8, 4) is 0 Å². The van der Waals surface area contributed by atoms with Crippen LogP contribution in [0.1, 0.15) is 30.5 Å². The van der Waals surface area contributed by atoms with E-state index in [0.29, 0.717) is 21.7 Å². The van der Waals surface area contributed by atoms with E-state index in [0.717, 1.165) is 19.4 Å². The van der Waals surface area contributed by atoms with Gasteiger partial charge >= 0.3 is 0 Å². The first-order valence-corrected chi connectivity index (χ1v) is 6.19. The molecule has 5 nitrogen and oxygen atoms in total. The Morgan fingerprint density at radius 3 is 3.12 bits per heavy atom. The minimum atomic E-state index is -0.117. The highest BCUT2D eigenvalue weighted by atomic mass is 127. The zero-order valence-corrected chi connectivity index (χ0v) is 11.1. The van der Waals surface area contributed by atoms with Gasteiger partial charge in [-0.2, -0.15) is 0 Å². The number of nitrogens with one attached hydrogen (secondary N) is 1. The number of hydrogen-bond acceptors (Lipinski definition) is 4. The topological polar surface area (TPSA) is 64.2 Å². The molecule has 0 spiro atoms. The van der Waals surface area contributed by atoms with Crippen LogP contribution in [0.15, 0.2) is 4.79 Å². The van der Waals surface area contributed by atoms with Crippen molar-refractivity contribution in [3.05, 3.63) is 25.4 Å². The van der Waals surface area contributed by atoms with E-state index in [-0.39, 0.29) is 11.7 Å². The number of hydrogen-bond donors (Lipinski definition) is 1. The van der Waals surface area contributed by atoms with E-state index in [1.54, 1.807) is 7.11 Å². The fraction of sp³-hybridized carbons (Fsp3) is 0.600. The summed E-state index contributed by atoms with van der Waals surface area (Å²) in [5, 5.41) is 0. The lowest BCUT2D eigenvalue weighted by atomic mass is 10.2. The normalized spacial score (nSPS) is 20.2. The summed E-state index contributed by atoms with van der Waals surface area (Å²) in [6.45, 7) is 1.09. The van der Waals surface area contributed by atoms with Gasteiger partial charge in [-0.05, 0) is 35.4 Å². The number of nitrogens with zero attached hydrogens (tertiary/aromatic N) is 1. The van der Waals surface area contributed by atoms with Crippen LogP contribution >= 0.6 is 22.6 Å². The Bertz CT molecular complexity index is 427. The van der Waals surface area contributed by atoms with Crippen molar-refractivity contribution in [3.63, 3.8) is 0 Å². The summed E-state index contributed by atoms with van der Waals surface area (Å²) in [6.07, 6.45) is 1.86. The van der Waals surface area contributed by atoms with E-state index in [1.165, 1.54) is 0 Å². The molecule has 1 aromatic heterocycles. The molecule has 1 N–H and O–H groups in total. The second kappa shape index (κ2) is 5.24. The highest BCUT2D eigenvalue weighted by Gasteiger charge is 2.21. The summed E-state index contributed by atoms with van der Waals surface area (Å²) < 4.78 is 11.1. The third-order valence-corrected chi connectivity index (χ3v) is 3.58. The summed E-state index contributed by atoms with van der Waals surface area (Å²) in [7, 11) is 1.59. The molecule has 88 valence electrons. The van der Waals surface area contributed by atoms with E-state index >= 15 is 0 Å². The fourth-order valence-corrected chi connectivity index (χ4v) is 2.11. The lowest BCUT2D eigenvalue weighted by molar-refractivity contribution is 0.103. The Labute approximate surface area is 107 Å². The second-order valence-corrected chi connectivity index (χ2v) is 4.73. The van der Waals surface area contributed by atoms with Gasteiger partial charge in [0, 0.05) is 13.7 Å². The number of ether oxygens (including phenoxy) is 2. The molecule has 0 aromatic carbocycles. The van der Waals surface area contributed by atoms with Gasteiger partial charge in [-0.15, -0.1) is 0 Å². The molecule has 1 fully saturated rings. The van der Waals surface area contributed by atoms with Crippen molar-refractivity contribution in [1.82, 2.24) is 9.97 Å². The number of halogens is 1.